The number of hydrogen-bond acceptors (Lipinski definition) is 28. The van der Waals surface area contributed by atoms with Gasteiger partial charge in [0.1, 0.15) is 24.4 Å². The van der Waals surface area contributed by atoms with Gasteiger partial charge in [0.15, 0.2) is 40.5 Å². The summed E-state index contributed by atoms with van der Waals surface area (Å²) in [6, 6.07) is 0. The molecule has 0 aromatic rings. The molecule has 0 spiro atoms. The van der Waals surface area contributed by atoms with Gasteiger partial charge in [0.05, 0.1) is 44.8 Å². The van der Waals surface area contributed by atoms with Crippen LogP contribution in [-0.2, 0) is 78.6 Å². The second kappa shape index (κ2) is 36.8. The summed E-state index contributed by atoms with van der Waals surface area (Å²) in [7, 11) is -24.3. The van der Waals surface area contributed by atoms with Gasteiger partial charge >= 0.3 is 44.9 Å². The summed E-state index contributed by atoms with van der Waals surface area (Å²) in [5.74, 6) is -11.7. The number of aliphatic hydroxyl groups is 8. The minimum atomic E-state index is -6.21. The Balaban J connectivity index is -0.000000339. The number of alkyl halides is 8. The third-order valence-corrected chi connectivity index (χ3v) is 14.0. The second-order valence-electron chi connectivity index (χ2n) is 28.7. The first-order valence-corrected chi connectivity index (χ1v) is 34.5. The van der Waals surface area contributed by atoms with Crippen LogP contribution >= 0.6 is 0 Å². The molecule has 0 bridgehead atoms. The van der Waals surface area contributed by atoms with Crippen LogP contribution < -0.4 is 0 Å². The van der Waals surface area contributed by atoms with E-state index in [1.54, 1.807) is 104 Å². The molecule has 4 aliphatic carbocycles. The lowest BCUT2D eigenvalue weighted by Gasteiger charge is -2.43. The molecule has 28 nitrogen and oxygen atoms in total. The van der Waals surface area contributed by atoms with E-state index < -0.39 is 172 Å². The van der Waals surface area contributed by atoms with E-state index in [9.17, 15) is 122 Å². The van der Waals surface area contributed by atoms with Crippen molar-refractivity contribution in [3.63, 3.8) is 0 Å². The van der Waals surface area contributed by atoms with Crippen LogP contribution in [0.3, 0.4) is 0 Å². The number of carbonyl (C=O) groups is 4. The van der Waals surface area contributed by atoms with Crippen LogP contribution in [0.25, 0.3) is 0 Å². The van der Waals surface area contributed by atoms with Gasteiger partial charge in [0.2, 0.25) is 0 Å². The first-order chi connectivity index (χ1) is 40.9. The number of ether oxygens (including phenoxy) is 4. The molecule has 4 aliphatic rings. The summed E-state index contributed by atoms with van der Waals surface area (Å²) in [5.41, 5.74) is -6.66. The van der Waals surface area contributed by atoms with Crippen LogP contribution in [0.1, 0.15) is 216 Å². The van der Waals surface area contributed by atoms with Gasteiger partial charge in [-0.3, -0.25) is 0 Å². The minimum Gasteiger partial charge on any atom is -0.743 e. The maximum atomic E-state index is 13.1. The van der Waals surface area contributed by atoms with Crippen LogP contribution in [0.15, 0.2) is 0 Å². The lowest BCUT2D eigenvalue weighted by molar-refractivity contribution is -0.186. The van der Waals surface area contributed by atoms with Crippen molar-refractivity contribution in [2.45, 2.75) is 306 Å². The van der Waals surface area contributed by atoms with E-state index in [-0.39, 0.29) is 6.42 Å². The maximum absolute atomic E-state index is 13.1. The lowest BCUT2D eigenvalue weighted by Crippen LogP contribution is -2.51. The zero-order chi connectivity index (χ0) is 78.0. The molecule has 40 heteroatoms. The fourth-order valence-corrected chi connectivity index (χ4v) is 7.98. The smallest absolute Gasteiger partial charge is 0.428 e. The molecule has 0 heterocycles. The maximum Gasteiger partial charge on any atom is 0.428 e. The second-order valence-corrected chi connectivity index (χ2v) is 34.4. The quantitative estimate of drug-likeness (QED) is 0.0432. The molecule has 95 heavy (non-hydrogen) atoms. The number of halogens is 8. The molecular weight excluding hydrogens is 1390 g/mol. The summed E-state index contributed by atoms with van der Waals surface area (Å²) in [6.45, 7) is 34.3. The molecule has 4 rings (SSSR count). The van der Waals surface area contributed by atoms with E-state index in [0.717, 1.165) is 32.1 Å². The van der Waals surface area contributed by atoms with Crippen molar-refractivity contribution in [3.05, 3.63) is 0 Å². The Hall–Kier alpha value is -3.36. The molecule has 0 aromatic carbocycles. The largest absolute Gasteiger partial charge is 0.743 e. The minimum absolute atomic E-state index is 0.232. The van der Waals surface area contributed by atoms with E-state index in [1.165, 1.54) is 41.5 Å². The zero-order valence-corrected chi connectivity index (χ0v) is 60.5. The molecule has 8 N–H and O–H groups in total. The summed E-state index contributed by atoms with van der Waals surface area (Å²) in [4.78, 5) is 43.7. The highest BCUT2D eigenvalue weighted by Gasteiger charge is 2.67. The van der Waals surface area contributed by atoms with E-state index >= 15 is 0 Å². The molecule has 4 fully saturated rings. The molecule has 4 atom stereocenters. The topological polar surface area (TPSA) is 496 Å². The Morgan fingerprint density at radius 1 is 0.316 bits per heavy atom. The predicted molar refractivity (Wildman–Crippen MR) is 318 cm³/mol. The van der Waals surface area contributed by atoms with Gasteiger partial charge in [-0.1, -0.05) is 6.42 Å². The average molecular weight is 1490 g/mol. The highest BCUT2D eigenvalue weighted by Crippen LogP contribution is 2.54. The Labute approximate surface area is 552 Å². The summed E-state index contributed by atoms with van der Waals surface area (Å²) in [5, 5.41) is 51.7. The van der Waals surface area contributed by atoms with E-state index in [2.05, 4.69) is 18.9 Å². The Kier molecular flexibility index (Phi) is 38.9. The number of esters is 4. The predicted octanol–water partition coefficient (Wildman–Crippen LogP) is 5.54. The lowest BCUT2D eigenvalue weighted by atomic mass is 9.72. The molecule has 4 saturated carbocycles. The van der Waals surface area contributed by atoms with Gasteiger partial charge in [-0.05, 0) is 210 Å². The third-order valence-electron chi connectivity index (χ3n) is 10.8. The average Bonchev–Trinajstić information content (AvgIpc) is 1.57. The fraction of sp³-hybridized carbons (Fsp3) is 0.927. The molecule has 0 radical (unpaired) electrons. The first kappa shape index (κ1) is 100. The summed E-state index contributed by atoms with van der Waals surface area (Å²) in [6.07, 6.45) is 2.46. The van der Waals surface area contributed by atoms with Crippen molar-refractivity contribution < 1.29 is 166 Å². The van der Waals surface area contributed by atoms with Gasteiger partial charge in [0.25, 0.3) is 0 Å². The van der Waals surface area contributed by atoms with Crippen LogP contribution in [0.5, 0.6) is 0 Å². The van der Waals surface area contributed by atoms with Crippen molar-refractivity contribution >= 4 is 64.3 Å². The van der Waals surface area contributed by atoms with E-state index in [4.69, 9.17) is 25.5 Å². The highest BCUT2D eigenvalue weighted by molar-refractivity contribution is 7.88. The van der Waals surface area contributed by atoms with Gasteiger partial charge in [-0.25, -0.2) is 52.8 Å². The van der Waals surface area contributed by atoms with Gasteiger partial charge < -0.3 is 78.0 Å². The van der Waals surface area contributed by atoms with Crippen molar-refractivity contribution in [1.82, 2.24) is 0 Å². The van der Waals surface area contributed by atoms with Crippen LogP contribution in [0.2, 0.25) is 0 Å². The molecule has 0 saturated heterocycles. The van der Waals surface area contributed by atoms with Gasteiger partial charge in [-0.2, -0.15) is 35.1 Å². The Bertz CT molecular complexity index is 2710. The van der Waals surface area contributed by atoms with Gasteiger partial charge in [0, 0.05) is 17.8 Å². The van der Waals surface area contributed by atoms with Crippen LogP contribution in [0.4, 0.5) is 35.1 Å². The fourth-order valence-electron chi connectivity index (χ4n) is 6.97. The third kappa shape index (κ3) is 45.8. The SMILES string of the molecule is CC(C)(C)O.CC(C)(C)O.CC(C)(C)O.CC(C)(C)O.CC(C)(C)O.CC(C)(O)C1C(OC(=O)C(F)(F)S(=O)(=O)[O-])C1C(C)(C)O.CC(C)(O)C1CCC1OC(=O)C(F)(F)S(=O)(=O)[O-].O=C(OC1CCCC1)C(F)(F)S(=O)(=O)[O-].O=C(OC1CCCCC1)C(F)(F)S(=O)(=O)[O-]. The van der Waals surface area contributed by atoms with Gasteiger partial charge in [-0.15, -0.1) is 0 Å². The molecule has 0 aromatic heterocycles. The summed E-state index contributed by atoms with van der Waals surface area (Å²) < 4.78 is 242. The van der Waals surface area contributed by atoms with Crippen molar-refractivity contribution in [3.8, 4) is 0 Å². The molecule has 572 valence electrons. The van der Waals surface area contributed by atoms with E-state index in [1.807, 2.05) is 0 Å². The van der Waals surface area contributed by atoms with Crippen molar-refractivity contribution in [2.75, 3.05) is 0 Å². The Morgan fingerprint density at radius 3 is 0.674 bits per heavy atom. The molecule has 0 aliphatic heterocycles. The van der Waals surface area contributed by atoms with Crippen molar-refractivity contribution in [1.29, 1.82) is 0 Å². The number of carbonyl (C=O) groups excluding carboxylic acids is 4. The zero-order valence-electron chi connectivity index (χ0n) is 57.2. The first-order valence-electron chi connectivity index (χ1n) is 28.8. The Morgan fingerprint density at radius 2 is 0.505 bits per heavy atom. The molecule has 4 unspecified atom stereocenters. The number of hydrogen-bond donors (Lipinski definition) is 8. The normalized spacial score (nSPS) is 20.3. The highest BCUT2D eigenvalue weighted by atomic mass is 32.2. The molecular formula is C55H100F8O28S4-4. The van der Waals surface area contributed by atoms with Crippen molar-refractivity contribution in [2.24, 2.45) is 17.8 Å². The summed E-state index contributed by atoms with van der Waals surface area (Å²) >= 11 is 0. The van der Waals surface area contributed by atoms with E-state index in [0.29, 0.717) is 32.1 Å². The van der Waals surface area contributed by atoms with Crippen LogP contribution in [-0.4, -0.2) is 207 Å². The molecule has 0 amide bonds. The monoisotopic (exact) mass is 1490 g/mol. The standard InChI is InChI=1S/C11H18F2O7S.C9H14F2O6S.C8H12F2O5S.C7H10F2O5S.5C4H10O/c1-9(2,15)5-6(10(3,4)16)7(5)20-8(14)11(12,13)21(17,18)19;1-8(2,13)5-3-4-6(5)17-7(12)9(10,11)18(14,15)16;9-8(10,16(12,13)14)7(11)15-6-4-2-1-3-5-6;8-7(9,15(11,12)13)6(10)14-5-3-1-2-4-5;5*1-4(2,3)5/h5-7,15-16H,1-4H3,(H,17,18,19);5-6,13H,3-4H2,1-2H3,(H,14,15,16);6H,1-5H2,(H,12,13,14);5H,1-4H2,(H,11,12,13);5*5H,1-3H3/p-4. The van der Waals surface area contributed by atoms with Crippen LogP contribution in [0, 0.1) is 17.8 Å². The number of rotatable bonds is 15.